The first-order chi connectivity index (χ1) is 5.72. The molecule has 0 spiro atoms. The molecule has 0 aromatic rings. The number of hydrogen-bond acceptors (Lipinski definition) is 2. The molecule has 0 saturated carbocycles. The predicted octanol–water partition coefficient (Wildman–Crippen LogP) is 1.38. The van der Waals surface area contributed by atoms with Crippen LogP contribution in [0.5, 0.6) is 0 Å². The maximum Gasteiger partial charge on any atom is 0.0641 e. The second-order valence-corrected chi connectivity index (χ2v) is 4.55. The Bertz CT molecular complexity index is 167. The van der Waals surface area contributed by atoms with E-state index >= 15 is 0 Å². The van der Waals surface area contributed by atoms with Crippen LogP contribution in [0.4, 0.5) is 0 Å². The van der Waals surface area contributed by atoms with E-state index in [0.29, 0.717) is 0 Å². The van der Waals surface area contributed by atoms with Crippen LogP contribution < -0.4 is 0 Å². The molecule has 3 rings (SSSR count). The summed E-state index contributed by atoms with van der Waals surface area (Å²) in [7, 11) is 0. The van der Waals surface area contributed by atoms with Crippen LogP contribution in [0.1, 0.15) is 27.2 Å². The summed E-state index contributed by atoms with van der Waals surface area (Å²) in [5, 5.41) is 0. The van der Waals surface area contributed by atoms with Crippen molar-refractivity contribution < 1.29 is 0 Å². The highest BCUT2D eigenvalue weighted by atomic mass is 15.5. The largest absolute Gasteiger partial charge is 0.286 e. The molecule has 2 unspecified atom stereocenters. The van der Waals surface area contributed by atoms with Crippen molar-refractivity contribution in [1.29, 1.82) is 0 Å². The van der Waals surface area contributed by atoms with Crippen LogP contribution in [0, 0.1) is 5.92 Å². The fraction of sp³-hybridized carbons (Fsp3) is 1.00. The number of hydrogen-bond donors (Lipinski definition) is 0. The van der Waals surface area contributed by atoms with Gasteiger partial charge in [-0.25, -0.2) is 0 Å². The SMILES string of the molecule is CCN1C2CC1N(CC(C)C)C2. The van der Waals surface area contributed by atoms with Crippen LogP contribution in [-0.2, 0) is 0 Å². The van der Waals surface area contributed by atoms with Gasteiger partial charge in [0.2, 0.25) is 0 Å². The molecule has 0 aromatic carbocycles. The first-order valence-electron chi connectivity index (χ1n) is 5.22. The Morgan fingerprint density at radius 1 is 1.42 bits per heavy atom. The molecule has 3 aliphatic rings. The molecule has 70 valence electrons. The van der Waals surface area contributed by atoms with E-state index in [1.807, 2.05) is 0 Å². The van der Waals surface area contributed by atoms with Gasteiger partial charge in [-0.1, -0.05) is 20.8 Å². The summed E-state index contributed by atoms with van der Waals surface area (Å²) >= 11 is 0. The molecule has 3 fully saturated rings. The molecular weight excluding hydrogens is 148 g/mol. The maximum atomic E-state index is 2.65. The van der Waals surface area contributed by atoms with Crippen LogP contribution in [-0.4, -0.2) is 41.6 Å². The second kappa shape index (κ2) is 3.00. The van der Waals surface area contributed by atoms with Crippen LogP contribution >= 0.6 is 0 Å². The first-order valence-corrected chi connectivity index (χ1v) is 5.22. The smallest absolute Gasteiger partial charge is 0.0641 e. The zero-order valence-electron chi connectivity index (χ0n) is 8.45. The normalized spacial score (nSPS) is 36.0. The number of fused-ring (bicyclic) bond motifs is 1. The molecule has 0 radical (unpaired) electrons. The number of rotatable bonds is 3. The van der Waals surface area contributed by atoms with E-state index in [-0.39, 0.29) is 0 Å². The lowest BCUT2D eigenvalue weighted by Gasteiger charge is -2.40. The Morgan fingerprint density at radius 2 is 2.17 bits per heavy atom. The Balaban J connectivity index is 1.88. The summed E-state index contributed by atoms with van der Waals surface area (Å²) < 4.78 is 0. The van der Waals surface area contributed by atoms with Crippen molar-refractivity contribution in [3.05, 3.63) is 0 Å². The zero-order valence-corrected chi connectivity index (χ0v) is 8.45. The van der Waals surface area contributed by atoms with Crippen molar-refractivity contribution in [1.82, 2.24) is 9.80 Å². The summed E-state index contributed by atoms with van der Waals surface area (Å²) in [5.41, 5.74) is 0. The van der Waals surface area contributed by atoms with Gasteiger partial charge < -0.3 is 0 Å². The van der Waals surface area contributed by atoms with E-state index in [1.165, 1.54) is 26.1 Å². The second-order valence-electron chi connectivity index (χ2n) is 4.55. The Labute approximate surface area is 75.5 Å². The van der Waals surface area contributed by atoms with Crippen molar-refractivity contribution in [3.8, 4) is 0 Å². The molecule has 0 N–H and O–H groups in total. The summed E-state index contributed by atoms with van der Waals surface area (Å²) in [6, 6.07) is 0.902. The summed E-state index contributed by atoms with van der Waals surface area (Å²) in [4.78, 5) is 5.28. The lowest BCUT2D eigenvalue weighted by Crippen LogP contribution is -2.51. The molecule has 3 heterocycles. The first kappa shape index (κ1) is 8.52. The van der Waals surface area contributed by atoms with Gasteiger partial charge in [0, 0.05) is 19.1 Å². The lowest BCUT2D eigenvalue weighted by atomic mass is 10.1. The van der Waals surface area contributed by atoms with Gasteiger partial charge in [0.05, 0.1) is 6.17 Å². The average Bonchev–Trinajstić information content (AvgIpc) is 2.43. The fourth-order valence-electron chi connectivity index (χ4n) is 2.68. The van der Waals surface area contributed by atoms with Crippen LogP contribution in [0.15, 0.2) is 0 Å². The van der Waals surface area contributed by atoms with Gasteiger partial charge in [-0.2, -0.15) is 0 Å². The lowest BCUT2D eigenvalue weighted by molar-refractivity contribution is 0.0326. The van der Waals surface area contributed by atoms with E-state index < -0.39 is 0 Å². The monoisotopic (exact) mass is 168 g/mol. The molecule has 2 heteroatoms. The van der Waals surface area contributed by atoms with E-state index in [2.05, 4.69) is 30.6 Å². The van der Waals surface area contributed by atoms with E-state index in [1.54, 1.807) is 0 Å². The third-order valence-electron chi connectivity index (χ3n) is 3.17. The minimum absolute atomic E-state index is 0.808. The fourth-order valence-corrected chi connectivity index (χ4v) is 2.68. The molecule has 2 atom stereocenters. The zero-order chi connectivity index (χ0) is 8.72. The molecule has 0 aromatic heterocycles. The molecule has 3 saturated heterocycles. The van der Waals surface area contributed by atoms with Crippen LogP contribution in [0.3, 0.4) is 0 Å². The highest BCUT2D eigenvalue weighted by molar-refractivity contribution is 5.01. The molecule has 2 nitrogen and oxygen atoms in total. The standard InChI is InChI=1S/C10H20N2/c1-4-12-9-5-10(12)11(7-9)6-8(2)3/h8-10H,4-7H2,1-3H3. The molecule has 2 bridgehead atoms. The maximum absolute atomic E-state index is 2.65. The van der Waals surface area contributed by atoms with Gasteiger partial charge in [-0.05, 0) is 18.9 Å². The Hall–Kier alpha value is -0.0800. The highest BCUT2D eigenvalue weighted by Crippen LogP contribution is 2.36. The van der Waals surface area contributed by atoms with Gasteiger partial charge in [-0.15, -0.1) is 0 Å². The summed E-state index contributed by atoms with van der Waals surface area (Å²) in [6.45, 7) is 10.8. The van der Waals surface area contributed by atoms with Crippen LogP contribution in [0.2, 0.25) is 0 Å². The van der Waals surface area contributed by atoms with Gasteiger partial charge in [0.25, 0.3) is 0 Å². The van der Waals surface area contributed by atoms with Crippen molar-refractivity contribution >= 4 is 0 Å². The minimum atomic E-state index is 0.808. The Kier molecular flexibility index (Phi) is 2.13. The van der Waals surface area contributed by atoms with Gasteiger partial charge >= 0.3 is 0 Å². The average molecular weight is 168 g/mol. The molecular formula is C10H20N2. The topological polar surface area (TPSA) is 6.48 Å². The van der Waals surface area contributed by atoms with Crippen molar-refractivity contribution in [2.75, 3.05) is 19.6 Å². The van der Waals surface area contributed by atoms with E-state index in [4.69, 9.17) is 0 Å². The quantitative estimate of drug-likeness (QED) is 0.628. The molecule has 3 aliphatic heterocycles. The van der Waals surface area contributed by atoms with Crippen molar-refractivity contribution in [2.45, 2.75) is 39.4 Å². The summed E-state index contributed by atoms with van der Waals surface area (Å²) in [6.07, 6.45) is 2.24. The van der Waals surface area contributed by atoms with Gasteiger partial charge in [-0.3, -0.25) is 9.80 Å². The van der Waals surface area contributed by atoms with E-state index in [0.717, 1.165) is 18.1 Å². The van der Waals surface area contributed by atoms with Crippen LogP contribution in [0.25, 0.3) is 0 Å². The minimum Gasteiger partial charge on any atom is -0.286 e. The third kappa shape index (κ3) is 1.17. The molecule has 0 amide bonds. The number of likely N-dealkylation sites (N-methyl/N-ethyl adjacent to an activating group) is 1. The highest BCUT2D eigenvalue weighted by Gasteiger charge is 2.48. The molecule has 0 aliphatic carbocycles. The third-order valence-corrected chi connectivity index (χ3v) is 3.17. The van der Waals surface area contributed by atoms with Gasteiger partial charge in [0.1, 0.15) is 0 Å². The van der Waals surface area contributed by atoms with Crippen molar-refractivity contribution in [2.24, 2.45) is 5.92 Å². The Morgan fingerprint density at radius 3 is 2.67 bits per heavy atom. The van der Waals surface area contributed by atoms with Gasteiger partial charge in [0.15, 0.2) is 0 Å². The van der Waals surface area contributed by atoms with E-state index in [9.17, 15) is 0 Å². The number of nitrogens with zero attached hydrogens (tertiary/aromatic N) is 2. The van der Waals surface area contributed by atoms with Crippen molar-refractivity contribution in [3.63, 3.8) is 0 Å². The predicted molar refractivity (Wildman–Crippen MR) is 51.0 cm³/mol. The summed E-state index contributed by atoms with van der Waals surface area (Å²) in [5.74, 6) is 0.822. The molecule has 12 heavy (non-hydrogen) atoms.